The average Bonchev–Trinajstić information content (AvgIpc) is 2.70. The molecular formula is C22H27FN2O3. The van der Waals surface area contributed by atoms with E-state index in [2.05, 4.69) is 5.32 Å². The van der Waals surface area contributed by atoms with E-state index in [0.29, 0.717) is 13.1 Å². The summed E-state index contributed by atoms with van der Waals surface area (Å²) in [5.41, 5.74) is 1.99. The van der Waals surface area contributed by atoms with Gasteiger partial charge in [-0.2, -0.15) is 0 Å². The molecule has 1 fully saturated rings. The smallest absolute Gasteiger partial charge is 0.217 e. The molecule has 28 heavy (non-hydrogen) atoms. The Balaban J connectivity index is 1.79. The Morgan fingerprint density at radius 1 is 1.14 bits per heavy atom. The van der Waals surface area contributed by atoms with Gasteiger partial charge in [-0.1, -0.05) is 60.7 Å². The molecule has 1 aliphatic heterocycles. The van der Waals surface area contributed by atoms with Gasteiger partial charge in [-0.15, -0.1) is 0 Å². The summed E-state index contributed by atoms with van der Waals surface area (Å²) in [5.74, 6) is -0.281. The third-order valence-corrected chi connectivity index (χ3v) is 5.07. The number of aliphatic hydroxyl groups is 1. The Hall–Kier alpha value is -2.28. The quantitative estimate of drug-likeness (QED) is 0.767. The maximum atomic E-state index is 15.2. The minimum Gasteiger partial charge on any atom is -0.395 e. The molecule has 2 aromatic carbocycles. The molecule has 3 rings (SSSR count). The number of benzene rings is 2. The molecule has 6 heteroatoms. The van der Waals surface area contributed by atoms with Gasteiger partial charge in [-0.25, -0.2) is 4.39 Å². The fourth-order valence-electron chi connectivity index (χ4n) is 3.71. The van der Waals surface area contributed by atoms with Gasteiger partial charge in [-0.3, -0.25) is 9.69 Å². The van der Waals surface area contributed by atoms with Crippen molar-refractivity contribution < 1.29 is 19.0 Å². The first-order valence-corrected chi connectivity index (χ1v) is 9.54. The summed E-state index contributed by atoms with van der Waals surface area (Å²) in [6, 6.07) is 18.2. The molecule has 0 aliphatic carbocycles. The number of rotatable bonds is 7. The van der Waals surface area contributed by atoms with E-state index in [9.17, 15) is 9.90 Å². The van der Waals surface area contributed by atoms with Crippen LogP contribution in [-0.4, -0.2) is 53.4 Å². The van der Waals surface area contributed by atoms with Crippen LogP contribution < -0.4 is 5.32 Å². The SMILES string of the molecule is CC(=O)NC1CN(Cc2ccccc2)C(CO)C(OCc2ccccc2)C1F. The summed E-state index contributed by atoms with van der Waals surface area (Å²) in [6.45, 7) is 2.26. The van der Waals surface area contributed by atoms with Crippen molar-refractivity contribution in [1.82, 2.24) is 10.2 Å². The first-order chi connectivity index (χ1) is 13.6. The molecule has 0 aromatic heterocycles. The highest BCUT2D eigenvalue weighted by Gasteiger charge is 2.45. The molecule has 0 bridgehead atoms. The predicted molar refractivity (Wildman–Crippen MR) is 105 cm³/mol. The number of alkyl halides is 1. The number of nitrogens with zero attached hydrogens (tertiary/aromatic N) is 1. The number of likely N-dealkylation sites (tertiary alicyclic amines) is 1. The summed E-state index contributed by atoms with van der Waals surface area (Å²) in [6.07, 6.45) is -2.25. The maximum Gasteiger partial charge on any atom is 0.217 e. The van der Waals surface area contributed by atoms with Crippen molar-refractivity contribution in [2.24, 2.45) is 0 Å². The number of hydrogen-bond donors (Lipinski definition) is 2. The molecule has 0 saturated carbocycles. The number of piperidine rings is 1. The summed E-state index contributed by atoms with van der Waals surface area (Å²) in [5, 5.41) is 12.7. The van der Waals surface area contributed by atoms with Crippen molar-refractivity contribution in [2.75, 3.05) is 13.2 Å². The topological polar surface area (TPSA) is 61.8 Å². The molecule has 1 aliphatic rings. The van der Waals surface area contributed by atoms with Crippen LogP contribution in [0.2, 0.25) is 0 Å². The standard InChI is InChI=1S/C22H27FN2O3/c1-16(27)24-19-13-25(12-17-8-4-2-5-9-17)20(14-26)22(21(19)23)28-15-18-10-6-3-7-11-18/h2-11,19-22,26H,12-15H2,1H3,(H,24,27). The van der Waals surface area contributed by atoms with Gasteiger partial charge in [0.1, 0.15) is 12.3 Å². The van der Waals surface area contributed by atoms with Crippen LogP contribution in [0.25, 0.3) is 0 Å². The molecule has 1 saturated heterocycles. The molecule has 5 nitrogen and oxygen atoms in total. The maximum absolute atomic E-state index is 15.2. The average molecular weight is 386 g/mol. The molecule has 4 atom stereocenters. The molecular weight excluding hydrogens is 359 g/mol. The first-order valence-electron chi connectivity index (χ1n) is 9.54. The number of halogens is 1. The fourth-order valence-corrected chi connectivity index (χ4v) is 3.71. The van der Waals surface area contributed by atoms with E-state index in [4.69, 9.17) is 4.74 Å². The van der Waals surface area contributed by atoms with E-state index in [1.165, 1.54) is 6.92 Å². The molecule has 2 aromatic rings. The second-order valence-electron chi connectivity index (χ2n) is 7.18. The van der Waals surface area contributed by atoms with Crippen molar-refractivity contribution in [1.29, 1.82) is 0 Å². The van der Waals surface area contributed by atoms with Gasteiger partial charge in [-0.05, 0) is 11.1 Å². The zero-order chi connectivity index (χ0) is 19.9. The number of nitrogens with one attached hydrogen (secondary N) is 1. The van der Waals surface area contributed by atoms with Crippen LogP contribution in [0.3, 0.4) is 0 Å². The van der Waals surface area contributed by atoms with Gasteiger partial charge in [0.15, 0.2) is 0 Å². The fraction of sp³-hybridized carbons (Fsp3) is 0.409. The zero-order valence-corrected chi connectivity index (χ0v) is 16.0. The van der Waals surface area contributed by atoms with Gasteiger partial charge >= 0.3 is 0 Å². The number of aliphatic hydroxyl groups excluding tert-OH is 1. The molecule has 0 spiro atoms. The molecule has 1 amide bonds. The number of carbonyl (C=O) groups is 1. The third-order valence-electron chi connectivity index (χ3n) is 5.07. The van der Waals surface area contributed by atoms with Gasteiger partial charge in [0, 0.05) is 20.0 Å². The largest absolute Gasteiger partial charge is 0.395 e. The van der Waals surface area contributed by atoms with Crippen LogP contribution in [0.15, 0.2) is 60.7 Å². The van der Waals surface area contributed by atoms with Crippen LogP contribution in [0, 0.1) is 0 Å². The van der Waals surface area contributed by atoms with E-state index >= 15 is 4.39 Å². The van der Waals surface area contributed by atoms with Gasteiger partial charge in [0.25, 0.3) is 0 Å². The van der Waals surface area contributed by atoms with E-state index < -0.39 is 24.4 Å². The van der Waals surface area contributed by atoms with Crippen LogP contribution in [0.4, 0.5) is 4.39 Å². The Morgan fingerprint density at radius 3 is 2.32 bits per heavy atom. The first kappa shape index (κ1) is 20.5. The molecule has 150 valence electrons. The zero-order valence-electron chi connectivity index (χ0n) is 16.0. The Morgan fingerprint density at radius 2 is 1.75 bits per heavy atom. The van der Waals surface area contributed by atoms with Gasteiger partial charge < -0.3 is 15.2 Å². The highest BCUT2D eigenvalue weighted by atomic mass is 19.1. The van der Waals surface area contributed by atoms with Crippen molar-refractivity contribution in [3.05, 3.63) is 71.8 Å². The number of amides is 1. The molecule has 0 radical (unpaired) electrons. The van der Waals surface area contributed by atoms with E-state index in [1.807, 2.05) is 65.6 Å². The molecule has 1 heterocycles. The highest BCUT2D eigenvalue weighted by molar-refractivity contribution is 5.73. The summed E-state index contributed by atoms with van der Waals surface area (Å²) in [4.78, 5) is 13.6. The summed E-state index contributed by atoms with van der Waals surface area (Å²) >= 11 is 0. The molecule has 2 N–H and O–H groups in total. The number of hydrogen-bond acceptors (Lipinski definition) is 4. The summed E-state index contributed by atoms with van der Waals surface area (Å²) < 4.78 is 21.2. The Labute approximate surface area is 165 Å². The van der Waals surface area contributed by atoms with Crippen LogP contribution in [0.1, 0.15) is 18.1 Å². The lowest BCUT2D eigenvalue weighted by Crippen LogP contribution is -2.65. The normalized spacial score (nSPS) is 25.4. The van der Waals surface area contributed by atoms with E-state index in [-0.39, 0.29) is 19.1 Å². The second kappa shape index (κ2) is 9.78. The van der Waals surface area contributed by atoms with Crippen molar-refractivity contribution in [3.63, 3.8) is 0 Å². The van der Waals surface area contributed by atoms with Crippen LogP contribution in [-0.2, 0) is 22.7 Å². The Kier molecular flexibility index (Phi) is 7.14. The lowest BCUT2D eigenvalue weighted by Gasteiger charge is -2.45. The van der Waals surface area contributed by atoms with Gasteiger partial charge in [0.2, 0.25) is 5.91 Å². The number of carbonyl (C=O) groups excluding carboxylic acids is 1. The second-order valence-corrected chi connectivity index (χ2v) is 7.18. The van der Waals surface area contributed by atoms with E-state index in [1.54, 1.807) is 0 Å². The lowest BCUT2D eigenvalue weighted by atomic mass is 9.92. The minimum absolute atomic E-state index is 0.223. The minimum atomic E-state index is -1.41. The summed E-state index contributed by atoms with van der Waals surface area (Å²) in [7, 11) is 0. The highest BCUT2D eigenvalue weighted by Crippen LogP contribution is 2.26. The van der Waals surface area contributed by atoms with Crippen LogP contribution >= 0.6 is 0 Å². The Bertz CT molecular complexity index is 744. The monoisotopic (exact) mass is 386 g/mol. The van der Waals surface area contributed by atoms with Crippen molar-refractivity contribution in [2.45, 2.75) is 44.4 Å². The van der Waals surface area contributed by atoms with Crippen LogP contribution in [0.5, 0.6) is 0 Å². The predicted octanol–water partition coefficient (Wildman–Crippen LogP) is 2.29. The lowest BCUT2D eigenvalue weighted by molar-refractivity contribution is -0.131. The van der Waals surface area contributed by atoms with Crippen molar-refractivity contribution >= 4 is 5.91 Å². The number of ether oxygens (including phenoxy) is 1. The third kappa shape index (κ3) is 5.16. The van der Waals surface area contributed by atoms with Crippen molar-refractivity contribution in [3.8, 4) is 0 Å². The molecule has 4 unspecified atom stereocenters. The van der Waals surface area contributed by atoms with E-state index in [0.717, 1.165) is 11.1 Å². The van der Waals surface area contributed by atoms with Gasteiger partial charge in [0.05, 0.1) is 25.3 Å².